The van der Waals surface area contributed by atoms with Gasteiger partial charge < -0.3 is 20.1 Å². The smallest absolute Gasteiger partial charge is 0.191 e. The predicted octanol–water partition coefficient (Wildman–Crippen LogP) is 2.73. The molecule has 2 N–H and O–H groups in total. The fraction of sp³-hybridized carbons (Fsp3) is 0.650. The van der Waals surface area contributed by atoms with E-state index in [1.54, 1.807) is 7.11 Å². The molecule has 1 aliphatic rings. The number of nitrogens with zero attached hydrogens (tertiary/aromatic N) is 2. The van der Waals surface area contributed by atoms with Crippen LogP contribution in [0.5, 0.6) is 5.75 Å². The van der Waals surface area contributed by atoms with Gasteiger partial charge in [-0.15, -0.1) is 24.0 Å². The first-order valence-electron chi connectivity index (χ1n) is 9.61. The molecule has 1 aromatic rings. The van der Waals surface area contributed by atoms with E-state index in [0.29, 0.717) is 18.5 Å². The minimum absolute atomic E-state index is 0. The second kappa shape index (κ2) is 13.2. The second-order valence-corrected chi connectivity index (χ2v) is 6.89. The zero-order valence-electron chi connectivity index (χ0n) is 17.0. The van der Waals surface area contributed by atoms with Crippen LogP contribution < -0.4 is 15.4 Å². The van der Waals surface area contributed by atoms with Crippen LogP contribution in [0.4, 0.5) is 0 Å². The number of rotatable bonds is 8. The lowest BCUT2D eigenvalue weighted by Gasteiger charge is -2.37. The third-order valence-electron chi connectivity index (χ3n) is 4.66. The minimum Gasteiger partial charge on any atom is -0.497 e. The van der Waals surface area contributed by atoms with Crippen molar-refractivity contribution in [2.45, 2.75) is 33.4 Å². The first-order chi connectivity index (χ1) is 12.6. The number of morpholine rings is 1. The molecular weight excluding hydrogens is 455 g/mol. The Labute approximate surface area is 181 Å². The van der Waals surface area contributed by atoms with Gasteiger partial charge in [0.05, 0.1) is 26.9 Å². The van der Waals surface area contributed by atoms with E-state index < -0.39 is 0 Å². The topological polar surface area (TPSA) is 58.1 Å². The summed E-state index contributed by atoms with van der Waals surface area (Å²) in [5, 5.41) is 6.87. The van der Waals surface area contributed by atoms with Crippen LogP contribution in [0.2, 0.25) is 0 Å². The van der Waals surface area contributed by atoms with Crippen molar-refractivity contribution in [1.29, 1.82) is 0 Å². The Morgan fingerprint density at radius 1 is 1.26 bits per heavy atom. The average molecular weight is 490 g/mol. The van der Waals surface area contributed by atoms with Gasteiger partial charge in [0.25, 0.3) is 0 Å². The SMILES string of the molecule is CCNC(=NCc1cccc(OC)c1)NCC(C(C)C)N1CCOCC1.I. The molecule has 0 radical (unpaired) electrons. The molecule has 0 aliphatic carbocycles. The van der Waals surface area contributed by atoms with Gasteiger partial charge in [0.15, 0.2) is 5.96 Å². The fourth-order valence-electron chi connectivity index (χ4n) is 3.18. The molecule has 1 fully saturated rings. The normalized spacial score (nSPS) is 16.6. The highest BCUT2D eigenvalue weighted by molar-refractivity contribution is 14.0. The summed E-state index contributed by atoms with van der Waals surface area (Å²) in [5.74, 6) is 2.29. The lowest BCUT2D eigenvalue weighted by atomic mass is 10.0. The second-order valence-electron chi connectivity index (χ2n) is 6.89. The lowest BCUT2D eigenvalue weighted by molar-refractivity contribution is 0.00752. The molecule has 7 heteroatoms. The number of benzene rings is 1. The summed E-state index contributed by atoms with van der Waals surface area (Å²) in [6.07, 6.45) is 0. The Kier molecular flexibility index (Phi) is 11.7. The summed E-state index contributed by atoms with van der Waals surface area (Å²) < 4.78 is 10.8. The van der Waals surface area contributed by atoms with E-state index in [-0.39, 0.29) is 24.0 Å². The molecule has 1 aliphatic heterocycles. The molecule has 1 saturated heterocycles. The van der Waals surface area contributed by atoms with Crippen molar-refractivity contribution in [2.24, 2.45) is 10.9 Å². The summed E-state index contributed by atoms with van der Waals surface area (Å²) in [4.78, 5) is 7.25. The summed E-state index contributed by atoms with van der Waals surface area (Å²) in [6.45, 7) is 12.6. The molecule has 0 amide bonds. The summed E-state index contributed by atoms with van der Waals surface area (Å²) in [7, 11) is 1.69. The van der Waals surface area contributed by atoms with E-state index in [4.69, 9.17) is 14.5 Å². The van der Waals surface area contributed by atoms with Crippen molar-refractivity contribution < 1.29 is 9.47 Å². The maximum atomic E-state index is 5.49. The van der Waals surface area contributed by atoms with Gasteiger partial charge >= 0.3 is 0 Å². The van der Waals surface area contributed by atoms with Crippen LogP contribution in [0, 0.1) is 5.92 Å². The number of hydrogen-bond donors (Lipinski definition) is 2. The first kappa shape index (κ1) is 24.0. The lowest BCUT2D eigenvalue weighted by Crippen LogP contribution is -2.52. The number of ether oxygens (including phenoxy) is 2. The maximum absolute atomic E-state index is 5.49. The van der Waals surface area contributed by atoms with Crippen LogP contribution in [-0.4, -0.2) is 63.4 Å². The zero-order valence-corrected chi connectivity index (χ0v) is 19.4. The molecule has 1 aromatic carbocycles. The number of aliphatic imine (C=N–C) groups is 1. The third kappa shape index (κ3) is 8.23. The van der Waals surface area contributed by atoms with Gasteiger partial charge in [0.1, 0.15) is 5.75 Å². The minimum atomic E-state index is 0. The Morgan fingerprint density at radius 2 is 2.00 bits per heavy atom. The van der Waals surface area contributed by atoms with Gasteiger partial charge in [-0.3, -0.25) is 4.90 Å². The third-order valence-corrected chi connectivity index (χ3v) is 4.66. The van der Waals surface area contributed by atoms with E-state index in [0.717, 1.165) is 56.7 Å². The molecule has 2 rings (SSSR count). The molecule has 1 atom stereocenters. The van der Waals surface area contributed by atoms with Crippen molar-refractivity contribution in [1.82, 2.24) is 15.5 Å². The monoisotopic (exact) mass is 490 g/mol. The van der Waals surface area contributed by atoms with Crippen molar-refractivity contribution >= 4 is 29.9 Å². The van der Waals surface area contributed by atoms with Crippen LogP contribution >= 0.6 is 24.0 Å². The van der Waals surface area contributed by atoms with Crippen molar-refractivity contribution in [3.63, 3.8) is 0 Å². The summed E-state index contributed by atoms with van der Waals surface area (Å²) >= 11 is 0. The van der Waals surface area contributed by atoms with Crippen LogP contribution in [0.15, 0.2) is 29.3 Å². The quantitative estimate of drug-likeness (QED) is 0.334. The van der Waals surface area contributed by atoms with Crippen molar-refractivity contribution in [2.75, 3.05) is 46.5 Å². The van der Waals surface area contributed by atoms with Gasteiger partial charge in [-0.1, -0.05) is 26.0 Å². The van der Waals surface area contributed by atoms with Gasteiger partial charge in [0, 0.05) is 32.2 Å². The largest absolute Gasteiger partial charge is 0.497 e. The van der Waals surface area contributed by atoms with Gasteiger partial charge in [-0.25, -0.2) is 4.99 Å². The molecule has 0 bridgehead atoms. The molecule has 0 aromatic heterocycles. The molecule has 154 valence electrons. The van der Waals surface area contributed by atoms with Crippen molar-refractivity contribution in [3.8, 4) is 5.75 Å². The summed E-state index contributed by atoms with van der Waals surface area (Å²) in [5.41, 5.74) is 1.13. The van der Waals surface area contributed by atoms with Gasteiger partial charge in [0.2, 0.25) is 0 Å². The predicted molar refractivity (Wildman–Crippen MR) is 122 cm³/mol. The highest BCUT2D eigenvalue weighted by Crippen LogP contribution is 2.14. The molecular formula is C20H35IN4O2. The number of nitrogens with one attached hydrogen (secondary N) is 2. The van der Waals surface area contributed by atoms with E-state index in [9.17, 15) is 0 Å². The van der Waals surface area contributed by atoms with Crippen molar-refractivity contribution in [3.05, 3.63) is 29.8 Å². The van der Waals surface area contributed by atoms with Crippen LogP contribution in [0.1, 0.15) is 26.3 Å². The molecule has 0 saturated carbocycles. The van der Waals surface area contributed by atoms with E-state index >= 15 is 0 Å². The number of hydrogen-bond acceptors (Lipinski definition) is 4. The standard InChI is InChI=1S/C20H34N4O2.HI/c1-5-21-20(22-14-17-7-6-8-18(13-17)25-4)23-15-19(16(2)3)24-9-11-26-12-10-24;/h6-8,13,16,19H,5,9-12,14-15H2,1-4H3,(H2,21,22,23);1H. The Hall–Kier alpha value is -1.06. The van der Waals surface area contributed by atoms with Gasteiger partial charge in [-0.05, 0) is 30.5 Å². The van der Waals surface area contributed by atoms with E-state index in [1.807, 2.05) is 18.2 Å². The van der Waals surface area contributed by atoms with Crippen LogP contribution in [-0.2, 0) is 11.3 Å². The molecule has 27 heavy (non-hydrogen) atoms. The average Bonchev–Trinajstić information content (AvgIpc) is 2.67. The van der Waals surface area contributed by atoms with Gasteiger partial charge in [-0.2, -0.15) is 0 Å². The fourth-order valence-corrected chi connectivity index (χ4v) is 3.18. The molecule has 0 spiro atoms. The van der Waals surface area contributed by atoms with E-state index in [2.05, 4.69) is 42.4 Å². The number of guanidine groups is 1. The zero-order chi connectivity index (χ0) is 18.8. The molecule has 6 nitrogen and oxygen atoms in total. The molecule has 1 unspecified atom stereocenters. The summed E-state index contributed by atoms with van der Waals surface area (Å²) in [6, 6.07) is 8.51. The maximum Gasteiger partial charge on any atom is 0.191 e. The Bertz CT molecular complexity index is 563. The number of methoxy groups -OCH3 is 1. The Morgan fingerprint density at radius 3 is 2.63 bits per heavy atom. The Balaban J connectivity index is 0.00000364. The van der Waals surface area contributed by atoms with Crippen LogP contribution in [0.3, 0.4) is 0 Å². The number of halogens is 1. The van der Waals surface area contributed by atoms with E-state index in [1.165, 1.54) is 0 Å². The first-order valence-corrected chi connectivity index (χ1v) is 9.61. The van der Waals surface area contributed by atoms with Crippen LogP contribution in [0.25, 0.3) is 0 Å². The molecule has 1 heterocycles. The highest BCUT2D eigenvalue weighted by atomic mass is 127. The highest BCUT2D eigenvalue weighted by Gasteiger charge is 2.23.